The van der Waals surface area contributed by atoms with Crippen LogP contribution in [0, 0.1) is 0 Å². The van der Waals surface area contributed by atoms with E-state index >= 15 is 0 Å². The van der Waals surface area contributed by atoms with Crippen LogP contribution in [0.3, 0.4) is 0 Å². The van der Waals surface area contributed by atoms with Crippen molar-refractivity contribution in [1.82, 2.24) is 0 Å². The van der Waals surface area contributed by atoms with Crippen LogP contribution in [0.15, 0.2) is 0 Å². The Bertz CT molecular complexity index is 334. The lowest BCUT2D eigenvalue weighted by Gasteiger charge is -2.38. The zero-order chi connectivity index (χ0) is 15.5. The SMILES string of the molecule is O=C(OCC(Cl)(Cl)Cl)OC1O[C@H](CO)[C@@H](O)[C@H](O)[C@H]1O. The molecule has 1 aliphatic rings. The number of hydrogen-bond acceptors (Lipinski definition) is 8. The molecule has 0 bridgehead atoms. The minimum Gasteiger partial charge on any atom is -0.430 e. The third-order valence-corrected chi connectivity index (χ3v) is 2.74. The molecule has 20 heavy (non-hydrogen) atoms. The highest BCUT2D eigenvalue weighted by atomic mass is 35.6. The molecule has 1 fully saturated rings. The van der Waals surface area contributed by atoms with Crippen LogP contribution in [0.1, 0.15) is 0 Å². The van der Waals surface area contributed by atoms with Gasteiger partial charge >= 0.3 is 6.16 Å². The van der Waals surface area contributed by atoms with E-state index in [4.69, 9.17) is 44.6 Å². The fraction of sp³-hybridized carbons (Fsp3) is 0.889. The molecule has 1 aliphatic heterocycles. The summed E-state index contributed by atoms with van der Waals surface area (Å²) in [5.74, 6) is 0. The van der Waals surface area contributed by atoms with Crippen LogP contribution in [0.5, 0.6) is 0 Å². The van der Waals surface area contributed by atoms with Crippen LogP contribution in [0.25, 0.3) is 0 Å². The van der Waals surface area contributed by atoms with Gasteiger partial charge in [0, 0.05) is 0 Å². The average Bonchev–Trinajstić information content (AvgIpc) is 2.36. The number of aliphatic hydroxyl groups is 4. The molecule has 0 amide bonds. The van der Waals surface area contributed by atoms with Crippen molar-refractivity contribution in [1.29, 1.82) is 0 Å². The molecule has 1 saturated heterocycles. The number of halogens is 3. The molecule has 1 rings (SSSR count). The second kappa shape index (κ2) is 7.28. The van der Waals surface area contributed by atoms with E-state index in [-0.39, 0.29) is 0 Å². The van der Waals surface area contributed by atoms with Gasteiger partial charge in [-0.25, -0.2) is 4.79 Å². The van der Waals surface area contributed by atoms with E-state index < -0.39 is 53.9 Å². The first-order chi connectivity index (χ1) is 9.15. The van der Waals surface area contributed by atoms with Crippen molar-refractivity contribution in [3.05, 3.63) is 0 Å². The summed E-state index contributed by atoms with van der Waals surface area (Å²) in [4.78, 5) is 11.3. The van der Waals surface area contributed by atoms with Crippen molar-refractivity contribution in [2.75, 3.05) is 13.2 Å². The van der Waals surface area contributed by atoms with Crippen molar-refractivity contribution in [2.24, 2.45) is 0 Å². The Balaban J connectivity index is 2.55. The van der Waals surface area contributed by atoms with Crippen molar-refractivity contribution in [2.45, 2.75) is 34.5 Å². The minimum absolute atomic E-state index is 0.603. The third kappa shape index (κ3) is 5.05. The molecule has 8 nitrogen and oxygen atoms in total. The molecule has 0 aromatic carbocycles. The van der Waals surface area contributed by atoms with E-state index in [1.165, 1.54) is 0 Å². The maximum atomic E-state index is 11.3. The highest BCUT2D eigenvalue weighted by Crippen LogP contribution is 2.27. The highest BCUT2D eigenvalue weighted by Gasteiger charge is 2.45. The van der Waals surface area contributed by atoms with Gasteiger partial charge in [-0.2, -0.15) is 0 Å². The van der Waals surface area contributed by atoms with Gasteiger partial charge in [-0.15, -0.1) is 0 Å². The maximum absolute atomic E-state index is 11.3. The van der Waals surface area contributed by atoms with E-state index in [2.05, 4.69) is 9.47 Å². The molecule has 1 unspecified atom stereocenters. The second-order valence-corrected chi connectivity index (χ2v) is 6.49. The first-order valence-electron chi connectivity index (χ1n) is 5.36. The Kier molecular flexibility index (Phi) is 6.55. The monoisotopic (exact) mass is 354 g/mol. The molecule has 0 aromatic heterocycles. The summed E-state index contributed by atoms with van der Waals surface area (Å²) in [6.07, 6.45) is -9.14. The topological polar surface area (TPSA) is 126 Å². The molecule has 0 aromatic rings. The molecule has 11 heteroatoms. The number of ether oxygens (including phenoxy) is 3. The van der Waals surface area contributed by atoms with Crippen molar-refractivity contribution in [3.8, 4) is 0 Å². The lowest BCUT2D eigenvalue weighted by Crippen LogP contribution is -2.59. The summed E-state index contributed by atoms with van der Waals surface area (Å²) in [5, 5.41) is 37.5. The quantitative estimate of drug-likeness (QED) is 0.387. The summed E-state index contributed by atoms with van der Waals surface area (Å²) in [6, 6.07) is 0. The lowest BCUT2D eigenvalue weighted by molar-refractivity contribution is -0.288. The fourth-order valence-electron chi connectivity index (χ4n) is 1.43. The molecular formula is C9H13Cl3O8. The maximum Gasteiger partial charge on any atom is 0.510 e. The number of carbonyl (C=O) groups is 1. The number of rotatable bonds is 3. The van der Waals surface area contributed by atoms with Crippen molar-refractivity contribution in [3.63, 3.8) is 0 Å². The molecular weight excluding hydrogens is 342 g/mol. The second-order valence-electron chi connectivity index (χ2n) is 3.97. The van der Waals surface area contributed by atoms with Gasteiger partial charge in [0.1, 0.15) is 31.0 Å². The first kappa shape index (κ1) is 18.0. The van der Waals surface area contributed by atoms with E-state index in [0.717, 1.165) is 0 Å². The summed E-state index contributed by atoms with van der Waals surface area (Å²) in [5.41, 5.74) is 0. The summed E-state index contributed by atoms with van der Waals surface area (Å²) in [6.45, 7) is -1.26. The largest absolute Gasteiger partial charge is 0.510 e. The van der Waals surface area contributed by atoms with Crippen LogP contribution in [-0.2, 0) is 14.2 Å². The minimum atomic E-state index is -1.84. The summed E-state index contributed by atoms with van der Waals surface area (Å²) >= 11 is 16.0. The molecule has 1 heterocycles. The smallest absolute Gasteiger partial charge is 0.430 e. The molecule has 0 saturated carbocycles. The van der Waals surface area contributed by atoms with Gasteiger partial charge in [-0.05, 0) is 0 Å². The predicted molar refractivity (Wildman–Crippen MR) is 66.5 cm³/mol. The van der Waals surface area contributed by atoms with Crippen LogP contribution < -0.4 is 0 Å². The van der Waals surface area contributed by atoms with Gasteiger partial charge in [-0.1, -0.05) is 34.8 Å². The normalized spacial score (nSPS) is 34.6. The number of hydrogen-bond donors (Lipinski definition) is 4. The molecule has 5 atom stereocenters. The average molecular weight is 356 g/mol. The number of aliphatic hydroxyl groups excluding tert-OH is 4. The standard InChI is InChI=1S/C9H13Cl3O8/c10-9(11,12)2-18-8(17)20-7-6(16)5(15)4(14)3(1-13)19-7/h3-7,13-16H,1-2H2/t3-,4-,5+,6-,7?/m1/s1. The van der Waals surface area contributed by atoms with Gasteiger partial charge in [0.25, 0.3) is 0 Å². The Morgan fingerprint density at radius 3 is 2.25 bits per heavy atom. The number of carbonyl (C=O) groups excluding carboxylic acids is 1. The molecule has 0 spiro atoms. The van der Waals surface area contributed by atoms with Crippen LogP contribution in [0.2, 0.25) is 0 Å². The highest BCUT2D eigenvalue weighted by molar-refractivity contribution is 6.67. The zero-order valence-corrected chi connectivity index (χ0v) is 12.1. The van der Waals surface area contributed by atoms with Gasteiger partial charge in [0.15, 0.2) is 0 Å². The summed E-state index contributed by atoms with van der Waals surface area (Å²) in [7, 11) is 0. The fourth-order valence-corrected chi connectivity index (χ4v) is 1.60. The van der Waals surface area contributed by atoms with E-state index in [1.54, 1.807) is 0 Å². The van der Waals surface area contributed by atoms with Gasteiger partial charge in [-0.3, -0.25) is 0 Å². The van der Waals surface area contributed by atoms with E-state index in [0.29, 0.717) is 0 Å². The first-order valence-corrected chi connectivity index (χ1v) is 6.49. The summed E-state index contributed by atoms with van der Waals surface area (Å²) < 4.78 is 12.1. The van der Waals surface area contributed by atoms with Crippen LogP contribution in [-0.4, -0.2) is 74.3 Å². The van der Waals surface area contributed by atoms with Gasteiger partial charge in [0.05, 0.1) is 6.61 Å². The molecule has 0 radical (unpaired) electrons. The van der Waals surface area contributed by atoms with Crippen LogP contribution >= 0.6 is 34.8 Å². The molecule has 0 aliphatic carbocycles. The van der Waals surface area contributed by atoms with Crippen molar-refractivity contribution < 1.29 is 39.4 Å². The third-order valence-electron chi connectivity index (χ3n) is 2.41. The number of alkyl halides is 3. The van der Waals surface area contributed by atoms with Gasteiger partial charge in [0.2, 0.25) is 10.1 Å². The van der Waals surface area contributed by atoms with Gasteiger partial charge < -0.3 is 34.6 Å². The predicted octanol–water partition coefficient (Wildman–Crippen LogP) is -0.690. The Hall–Kier alpha value is -0.0600. The van der Waals surface area contributed by atoms with E-state index in [1.807, 2.05) is 0 Å². The van der Waals surface area contributed by atoms with Crippen LogP contribution in [0.4, 0.5) is 4.79 Å². The molecule has 4 N–H and O–H groups in total. The Morgan fingerprint density at radius 1 is 1.15 bits per heavy atom. The zero-order valence-electron chi connectivity index (χ0n) is 9.86. The Labute approximate surface area is 128 Å². The molecule has 118 valence electrons. The Morgan fingerprint density at radius 2 is 1.75 bits per heavy atom. The lowest BCUT2D eigenvalue weighted by atomic mass is 9.99. The van der Waals surface area contributed by atoms with Crippen molar-refractivity contribution >= 4 is 41.0 Å². The van der Waals surface area contributed by atoms with E-state index in [9.17, 15) is 20.1 Å².